The number of unbranched alkanes of at least 4 members (excludes halogenated alkanes) is 2. The second-order valence-corrected chi connectivity index (χ2v) is 21.7. The first kappa shape index (κ1) is 57.8. The van der Waals surface area contributed by atoms with Crippen molar-refractivity contribution >= 4 is 53.9 Å². The van der Waals surface area contributed by atoms with Gasteiger partial charge in [0.15, 0.2) is 23.1 Å². The van der Waals surface area contributed by atoms with Crippen LogP contribution in [-0.2, 0) is 49.3 Å². The second-order valence-electron chi connectivity index (χ2n) is 21.7. The van der Waals surface area contributed by atoms with E-state index in [4.69, 9.17) is 20.8 Å². The van der Waals surface area contributed by atoms with Gasteiger partial charge in [0.25, 0.3) is 0 Å². The highest BCUT2D eigenvalue weighted by Crippen LogP contribution is 2.66. The summed E-state index contributed by atoms with van der Waals surface area (Å²) in [5.74, 6) is -5.81. The van der Waals surface area contributed by atoms with Gasteiger partial charge in [0, 0.05) is 50.6 Å². The van der Waals surface area contributed by atoms with E-state index in [0.29, 0.717) is 36.8 Å². The van der Waals surface area contributed by atoms with Gasteiger partial charge in [-0.05, 0) is 105 Å². The minimum absolute atomic E-state index is 0.0457. The van der Waals surface area contributed by atoms with E-state index in [9.17, 15) is 43.5 Å². The van der Waals surface area contributed by atoms with Crippen LogP contribution in [0.15, 0.2) is 48.5 Å². The van der Waals surface area contributed by atoms with Crippen molar-refractivity contribution in [3.05, 3.63) is 59.7 Å². The van der Waals surface area contributed by atoms with Crippen LogP contribution >= 0.6 is 0 Å². The van der Waals surface area contributed by atoms with Crippen LogP contribution in [0.5, 0.6) is 0 Å². The number of amides is 4. The molecule has 6 rings (SSSR count). The fourth-order valence-corrected chi connectivity index (χ4v) is 10.9. The topological polar surface area (TPSA) is 255 Å². The zero-order chi connectivity index (χ0) is 53.1. The Kier molecular flexibility index (Phi) is 20.6. The van der Waals surface area contributed by atoms with Crippen molar-refractivity contribution in [3.8, 4) is 11.1 Å². The van der Waals surface area contributed by atoms with Gasteiger partial charge >= 0.3 is 7.12 Å². The molecule has 7 N–H and O–H groups in total. The van der Waals surface area contributed by atoms with Crippen molar-refractivity contribution in [1.29, 1.82) is 0 Å². The molecule has 4 aliphatic rings. The first-order chi connectivity index (χ1) is 34.0. The highest BCUT2D eigenvalue weighted by atomic mass is 16.7. The van der Waals surface area contributed by atoms with Crippen molar-refractivity contribution in [1.82, 2.24) is 15.5 Å². The maximum atomic E-state index is 13.9. The van der Waals surface area contributed by atoms with Crippen LogP contribution in [0.3, 0.4) is 0 Å². The molecule has 1 saturated heterocycles. The Hall–Kier alpha value is -5.10. The number of carbonyl (C=O) groups is 8. The highest BCUT2D eigenvalue weighted by Gasteiger charge is 2.68. The van der Waals surface area contributed by atoms with E-state index < -0.39 is 96.7 Å². The van der Waals surface area contributed by atoms with Gasteiger partial charge < -0.3 is 41.4 Å². The van der Waals surface area contributed by atoms with Gasteiger partial charge in [-0.15, -0.1) is 0 Å². The number of nitrogens with one attached hydrogen (secondary N) is 2. The summed E-state index contributed by atoms with van der Waals surface area (Å²) >= 11 is 0. The fraction of sp³-hybridized carbons (Fsp3) is 0.636. The third-order valence-corrected chi connectivity index (χ3v) is 15.9. The Labute approximate surface area is 426 Å². The molecule has 394 valence electrons. The molecule has 0 aromatic heterocycles. The number of nitrogens with two attached hydrogens (primary N) is 2. The van der Waals surface area contributed by atoms with Gasteiger partial charge in [0.05, 0.1) is 48.8 Å². The number of likely N-dealkylation sites (N-methyl/N-ethyl adjacent to an activating group) is 1. The van der Waals surface area contributed by atoms with Crippen LogP contribution in [0.25, 0.3) is 11.1 Å². The number of hydrogen-bond donors (Lipinski definition) is 5. The maximum absolute atomic E-state index is 13.9. The fourth-order valence-electron chi connectivity index (χ4n) is 10.9. The van der Waals surface area contributed by atoms with Crippen molar-refractivity contribution < 1.29 is 52.8 Å². The summed E-state index contributed by atoms with van der Waals surface area (Å²) in [7, 11) is 0.821. The van der Waals surface area contributed by atoms with E-state index in [1.165, 1.54) is 31.4 Å². The normalized spacial score (nSPS) is 22.2. The zero-order valence-electron chi connectivity index (χ0n) is 43.8. The number of primary amides is 1. The molecule has 3 saturated carbocycles. The van der Waals surface area contributed by atoms with E-state index in [1.807, 2.05) is 19.1 Å². The standard InChI is InChI=1S/C55H80BN5O11/c1-9-10-13-36-15-17-37(18-16-36)38-19-21-39(22-20-38)45(64)28-40(32-62)53(70)59-35(4)44(63)23-24-51(68)61(8)43(14-11-12-25-57)47(66)26-33(2)52(69)60-42(31-50(58)67)46(65)27-34(3)56-71-49-30-41-29-48(54(41,5)6)55(49,7)72-56/h15-22,33-35,40-43,48-49,62H,9-14,23-32,57H2,1-8H3,(H2,58,67)(H,59,70)(H,60,69)/t33-,34-,35-,40-,41+,42+,43+,48+,49?,55+/m1/s1. The molecule has 0 spiro atoms. The predicted octanol–water partition coefficient (Wildman–Crippen LogP) is 5.72. The smallest absolute Gasteiger partial charge is 0.405 e. The minimum atomic E-state index is -1.24. The Morgan fingerprint density at radius 2 is 1.46 bits per heavy atom. The van der Waals surface area contributed by atoms with Gasteiger partial charge in [-0.25, -0.2) is 0 Å². The maximum Gasteiger partial charge on any atom is 0.461 e. The number of carbonyl (C=O) groups excluding carboxylic acids is 8. The molecule has 1 heterocycles. The molecule has 3 aliphatic carbocycles. The lowest BCUT2D eigenvalue weighted by Gasteiger charge is -2.64. The summed E-state index contributed by atoms with van der Waals surface area (Å²) in [6.07, 6.45) is 4.87. The van der Waals surface area contributed by atoms with Crippen molar-refractivity contribution in [2.24, 2.45) is 40.6 Å². The Bertz CT molecular complexity index is 2260. The van der Waals surface area contributed by atoms with Gasteiger partial charge in [0.2, 0.25) is 23.6 Å². The summed E-state index contributed by atoms with van der Waals surface area (Å²) in [4.78, 5) is 108. The number of nitrogens with zero attached hydrogens (tertiary/aromatic N) is 1. The molecule has 0 radical (unpaired) electrons. The molecule has 1 unspecified atom stereocenters. The zero-order valence-corrected chi connectivity index (χ0v) is 43.8. The molecule has 72 heavy (non-hydrogen) atoms. The first-order valence-electron chi connectivity index (χ1n) is 26.1. The molecule has 4 fully saturated rings. The molecule has 2 aromatic rings. The first-order valence-corrected chi connectivity index (χ1v) is 26.1. The third kappa shape index (κ3) is 14.4. The monoisotopic (exact) mass is 998 g/mol. The summed E-state index contributed by atoms with van der Waals surface area (Å²) in [6, 6.07) is 12.1. The lowest BCUT2D eigenvalue weighted by Crippen LogP contribution is -2.65. The number of aliphatic hydroxyl groups excluding tert-OH is 1. The Morgan fingerprint density at radius 1 is 0.806 bits per heavy atom. The van der Waals surface area contributed by atoms with E-state index >= 15 is 0 Å². The Balaban J connectivity index is 1.10. The molecular weight excluding hydrogens is 917 g/mol. The number of Topliss-reactive ketones (excluding diaryl/α,β-unsaturated/α-hetero) is 4. The van der Waals surface area contributed by atoms with Crippen LogP contribution in [0.4, 0.5) is 0 Å². The lowest BCUT2D eigenvalue weighted by molar-refractivity contribution is -0.199. The molecule has 17 heteroatoms. The van der Waals surface area contributed by atoms with Crippen molar-refractivity contribution in [2.75, 3.05) is 20.2 Å². The van der Waals surface area contributed by atoms with Crippen molar-refractivity contribution in [3.63, 3.8) is 0 Å². The van der Waals surface area contributed by atoms with Crippen LogP contribution in [0, 0.1) is 29.1 Å². The van der Waals surface area contributed by atoms with Gasteiger partial charge in [-0.2, -0.15) is 0 Å². The third-order valence-electron chi connectivity index (χ3n) is 15.9. The number of rotatable bonds is 30. The Morgan fingerprint density at radius 3 is 2.06 bits per heavy atom. The quantitative estimate of drug-likeness (QED) is 0.0358. The van der Waals surface area contributed by atoms with Gasteiger partial charge in [-0.1, -0.05) is 89.6 Å². The van der Waals surface area contributed by atoms with E-state index in [0.717, 1.165) is 43.2 Å². The van der Waals surface area contributed by atoms with Crippen LogP contribution in [-0.4, -0.2) is 114 Å². The SMILES string of the molecule is CCCCc1ccc(-c2ccc(C(=O)C[C@H](CO)C(=O)N[C@H](C)C(=O)CCC(=O)N(C)[C@@H](CCCCN)C(=O)C[C@@H](C)C(=O)N[C@@H](CC(N)=O)C(=O)C[C@@H](C)B3OC4C[C@@H]5C[C@@H](C5(C)C)[C@]4(C)O3)cc2)cc1. The molecular formula is C55H80BN5O11. The lowest BCUT2D eigenvalue weighted by atomic mass is 9.43. The van der Waals surface area contributed by atoms with Crippen molar-refractivity contribution in [2.45, 2.75) is 174 Å². The van der Waals surface area contributed by atoms with E-state index in [-0.39, 0.29) is 61.6 Å². The van der Waals surface area contributed by atoms with Gasteiger partial charge in [0.1, 0.15) is 0 Å². The molecule has 16 nitrogen and oxygen atoms in total. The molecule has 1 aliphatic heterocycles. The number of benzene rings is 2. The summed E-state index contributed by atoms with van der Waals surface area (Å²) in [5.41, 5.74) is 14.5. The second kappa shape index (κ2) is 25.7. The van der Waals surface area contributed by atoms with E-state index in [1.54, 1.807) is 12.1 Å². The number of aliphatic hydroxyl groups is 1. The van der Waals surface area contributed by atoms with Crippen LogP contribution in [0.2, 0.25) is 5.82 Å². The summed E-state index contributed by atoms with van der Waals surface area (Å²) in [6.45, 7) is 13.3. The summed E-state index contributed by atoms with van der Waals surface area (Å²) in [5, 5.41) is 15.3. The molecule has 10 atom stereocenters. The highest BCUT2D eigenvalue weighted by molar-refractivity contribution is 6.47. The van der Waals surface area contributed by atoms with E-state index in [2.05, 4.69) is 62.6 Å². The molecule has 2 aromatic carbocycles. The number of aryl methyl sites for hydroxylation is 1. The molecule has 2 bridgehead atoms. The number of ketones is 4. The van der Waals surface area contributed by atoms with Gasteiger partial charge in [-0.3, -0.25) is 38.4 Å². The van der Waals surface area contributed by atoms with Crippen LogP contribution in [0.1, 0.15) is 148 Å². The average molecular weight is 998 g/mol. The largest absolute Gasteiger partial charge is 0.461 e. The van der Waals surface area contributed by atoms with Crippen LogP contribution < -0.4 is 22.1 Å². The predicted molar refractivity (Wildman–Crippen MR) is 275 cm³/mol. The average Bonchev–Trinajstić information content (AvgIpc) is 3.72. The summed E-state index contributed by atoms with van der Waals surface area (Å²) < 4.78 is 12.9. The number of hydrogen-bond acceptors (Lipinski definition) is 12. The minimum Gasteiger partial charge on any atom is -0.405 e. The molecule has 4 amide bonds.